The van der Waals surface area contributed by atoms with Gasteiger partial charge in [-0.3, -0.25) is 0 Å². The molecule has 7 rings (SSSR count). The Morgan fingerprint density at radius 2 is 0.917 bits per heavy atom. The molecule has 0 amide bonds. The van der Waals surface area contributed by atoms with Crippen molar-refractivity contribution in [2.75, 3.05) is 0 Å². The van der Waals surface area contributed by atoms with Crippen LogP contribution in [0.5, 0.6) is 0 Å². The van der Waals surface area contributed by atoms with Crippen LogP contribution in [0.3, 0.4) is 0 Å². The van der Waals surface area contributed by atoms with E-state index in [1.165, 1.54) is 16.4 Å². The van der Waals surface area contributed by atoms with E-state index >= 15 is 0 Å². The van der Waals surface area contributed by atoms with Crippen LogP contribution < -0.4 is 0 Å². The highest BCUT2D eigenvalue weighted by Crippen LogP contribution is 2.38. The highest BCUT2D eigenvalue weighted by molar-refractivity contribution is 7.97. The number of hydrogen-bond acceptors (Lipinski definition) is 4. The van der Waals surface area contributed by atoms with Gasteiger partial charge in [0.25, 0.3) is 0 Å². The van der Waals surface area contributed by atoms with E-state index in [2.05, 4.69) is 54.0 Å². The third kappa shape index (κ3) is 5.85. The number of para-hydroxylation sites is 1. The first-order chi connectivity index (χ1) is 23.3. The molecular weight excluding hydrogens is 655 g/mol. The van der Waals surface area contributed by atoms with Crippen LogP contribution in [0.4, 0.5) is 0 Å². The Labute approximate surface area is 284 Å². The van der Waals surface area contributed by atoms with Crippen molar-refractivity contribution in [3.05, 3.63) is 152 Å². The number of aryl methyl sites for hydroxylation is 1. The molecule has 0 saturated heterocycles. The van der Waals surface area contributed by atoms with Crippen molar-refractivity contribution in [2.45, 2.75) is 60.6 Å². The maximum atomic E-state index is 13.4. The van der Waals surface area contributed by atoms with E-state index in [1.807, 2.05) is 24.3 Å². The molecule has 0 bridgehead atoms. The van der Waals surface area contributed by atoms with Gasteiger partial charge in [0.2, 0.25) is 19.7 Å². The third-order valence-corrected chi connectivity index (χ3v) is 14.3. The first-order valence-electron chi connectivity index (χ1n) is 15.8. The summed E-state index contributed by atoms with van der Waals surface area (Å²) in [5, 5.41) is 2.34. The van der Waals surface area contributed by atoms with Gasteiger partial charge >= 0.3 is 0 Å². The van der Waals surface area contributed by atoms with Gasteiger partial charge in [-0.1, -0.05) is 67.9 Å². The van der Waals surface area contributed by atoms with Crippen molar-refractivity contribution in [1.82, 2.24) is 4.57 Å². The number of aromatic nitrogens is 1. The largest absolute Gasteiger partial charge is 0.340 e. The molecule has 0 saturated carbocycles. The van der Waals surface area contributed by atoms with Crippen LogP contribution in [0, 0.1) is 0 Å². The van der Waals surface area contributed by atoms with Crippen LogP contribution >= 0.6 is 0 Å². The van der Waals surface area contributed by atoms with Gasteiger partial charge < -0.3 is 4.57 Å². The molecule has 0 aliphatic heterocycles. The summed E-state index contributed by atoms with van der Waals surface area (Å²) in [5.41, 5.74) is 2.37. The Bertz CT molecular complexity index is 2330. The fourth-order valence-electron chi connectivity index (χ4n) is 6.11. The molecule has 240 valence electrons. The van der Waals surface area contributed by atoms with E-state index < -0.39 is 30.6 Å². The number of sulfone groups is 2. The Kier molecular flexibility index (Phi) is 8.73. The Hall–Kier alpha value is -4.63. The molecule has 0 atom stereocenters. The minimum atomic E-state index is -3.68. The molecule has 8 heteroatoms. The molecular formula is C40H34NO4S3+. The van der Waals surface area contributed by atoms with Gasteiger partial charge in [0.05, 0.1) is 30.5 Å². The van der Waals surface area contributed by atoms with E-state index in [9.17, 15) is 16.8 Å². The Morgan fingerprint density at radius 1 is 0.479 bits per heavy atom. The number of fused-ring (bicyclic) bond motifs is 3. The van der Waals surface area contributed by atoms with Crippen molar-refractivity contribution >= 4 is 52.4 Å². The zero-order valence-corrected chi connectivity index (χ0v) is 28.8. The lowest BCUT2D eigenvalue weighted by molar-refractivity contribution is 0.594. The number of unbranched alkanes of at least 4 members (excludes halogenated alkanes) is 1. The van der Waals surface area contributed by atoms with E-state index in [-0.39, 0.29) is 19.6 Å². The highest BCUT2D eigenvalue weighted by Gasteiger charge is 2.31. The van der Waals surface area contributed by atoms with Crippen LogP contribution in [0.1, 0.15) is 19.8 Å². The van der Waals surface area contributed by atoms with Gasteiger partial charge in [0.1, 0.15) is 0 Å². The Morgan fingerprint density at radius 3 is 1.44 bits per heavy atom. The van der Waals surface area contributed by atoms with E-state index in [4.69, 9.17) is 0 Å². The van der Waals surface area contributed by atoms with E-state index in [1.54, 1.807) is 84.9 Å². The molecule has 0 spiro atoms. The molecule has 0 N–H and O–H groups in total. The molecule has 0 aliphatic rings. The summed E-state index contributed by atoms with van der Waals surface area (Å²) < 4.78 is 56.0. The molecule has 6 aromatic carbocycles. The van der Waals surface area contributed by atoms with Gasteiger partial charge in [-0.05, 0) is 97.4 Å². The average Bonchev–Trinajstić information content (AvgIpc) is 3.44. The molecule has 48 heavy (non-hydrogen) atoms. The second-order valence-corrected chi connectivity index (χ2v) is 17.5. The fourth-order valence-corrected chi connectivity index (χ4v) is 10.7. The predicted octanol–water partition coefficient (Wildman–Crippen LogP) is 9.36. The fraction of sp³-hybridized carbons (Fsp3) is 0.100. The monoisotopic (exact) mass is 688 g/mol. The molecule has 7 aromatic rings. The quantitative estimate of drug-likeness (QED) is 0.134. The second kappa shape index (κ2) is 13.1. The zero-order valence-electron chi connectivity index (χ0n) is 26.4. The summed E-state index contributed by atoms with van der Waals surface area (Å²) in [6.07, 6.45) is 2.18. The predicted molar refractivity (Wildman–Crippen MR) is 193 cm³/mol. The molecule has 0 aliphatic carbocycles. The second-order valence-electron chi connectivity index (χ2n) is 11.6. The van der Waals surface area contributed by atoms with Crippen molar-refractivity contribution < 1.29 is 16.8 Å². The first-order valence-corrected chi connectivity index (χ1v) is 20.0. The van der Waals surface area contributed by atoms with E-state index in [0.29, 0.717) is 0 Å². The highest BCUT2D eigenvalue weighted by atomic mass is 32.2. The van der Waals surface area contributed by atoms with Gasteiger partial charge in [-0.15, -0.1) is 0 Å². The number of nitrogens with zero attached hydrogens (tertiary/aromatic N) is 1. The summed E-state index contributed by atoms with van der Waals surface area (Å²) in [6.45, 7) is 3.13. The third-order valence-electron chi connectivity index (χ3n) is 8.56. The zero-order chi connectivity index (χ0) is 33.3. The summed E-state index contributed by atoms with van der Waals surface area (Å²) in [6, 6.07) is 46.1. The molecule has 1 heterocycles. The minimum absolute atomic E-state index is 0.222. The number of rotatable bonds is 10. The van der Waals surface area contributed by atoms with Crippen molar-refractivity contribution in [1.29, 1.82) is 0 Å². The van der Waals surface area contributed by atoms with Crippen molar-refractivity contribution in [3.63, 3.8) is 0 Å². The van der Waals surface area contributed by atoms with Crippen LogP contribution in [0.15, 0.2) is 186 Å². The molecule has 5 nitrogen and oxygen atoms in total. The lowest BCUT2D eigenvalue weighted by Crippen LogP contribution is -2.08. The van der Waals surface area contributed by atoms with Crippen molar-refractivity contribution in [3.8, 4) is 0 Å². The first kappa shape index (κ1) is 31.9. The minimum Gasteiger partial charge on any atom is -0.340 e. The number of hydrogen-bond donors (Lipinski definition) is 0. The summed E-state index contributed by atoms with van der Waals surface area (Å²) >= 11 is 0. The summed E-state index contributed by atoms with van der Waals surface area (Å²) in [7, 11) is -8.03. The SMILES string of the molecule is CCCCn1c2ccccc2c2cc([S+](c3ccc(S(=O)(=O)c4ccccc4)cc3)c3ccc(S(=O)(=O)c4ccccc4)cc3)ccc21. The standard InChI is InChI=1S/C40H34NO4S3/c1-2-3-28-41-39-17-11-10-16-37(39)38-29-32(22-27-40(38)41)46(30-18-23-35(24-19-30)47(42,43)33-12-6-4-7-13-33)31-20-25-36(26-21-31)48(44,45)34-14-8-5-9-15-34/h4-27,29H,2-3,28H2,1H3/q+1. The van der Waals surface area contributed by atoms with Gasteiger partial charge in [0, 0.05) is 34.4 Å². The smallest absolute Gasteiger partial charge is 0.206 e. The maximum absolute atomic E-state index is 13.4. The summed E-state index contributed by atoms with van der Waals surface area (Å²) in [4.78, 5) is 3.84. The molecule has 0 fully saturated rings. The normalized spacial score (nSPS) is 12.2. The van der Waals surface area contributed by atoms with Crippen LogP contribution in [0.2, 0.25) is 0 Å². The van der Waals surface area contributed by atoms with Gasteiger partial charge in [-0.25, -0.2) is 16.8 Å². The van der Waals surface area contributed by atoms with Crippen LogP contribution in [-0.4, -0.2) is 21.4 Å². The topological polar surface area (TPSA) is 73.2 Å². The van der Waals surface area contributed by atoms with Crippen molar-refractivity contribution in [2.24, 2.45) is 0 Å². The van der Waals surface area contributed by atoms with Crippen LogP contribution in [-0.2, 0) is 37.1 Å². The van der Waals surface area contributed by atoms with Crippen LogP contribution in [0.25, 0.3) is 21.8 Å². The summed E-state index contributed by atoms with van der Waals surface area (Å²) in [5.74, 6) is 0. The molecule has 0 radical (unpaired) electrons. The maximum Gasteiger partial charge on any atom is 0.206 e. The van der Waals surface area contributed by atoms with Gasteiger partial charge in [0.15, 0.2) is 14.7 Å². The number of benzene rings is 6. The molecule has 0 unspecified atom stereocenters. The average molecular weight is 689 g/mol. The molecule has 1 aromatic heterocycles. The van der Waals surface area contributed by atoms with Gasteiger partial charge in [-0.2, -0.15) is 0 Å². The lowest BCUT2D eigenvalue weighted by atomic mass is 10.1. The lowest BCUT2D eigenvalue weighted by Gasteiger charge is -2.11. The van der Waals surface area contributed by atoms with E-state index in [0.717, 1.165) is 39.5 Å². The Balaban J connectivity index is 1.36.